The van der Waals surface area contributed by atoms with Crippen LogP contribution in [0.4, 0.5) is 5.69 Å². The first-order chi connectivity index (χ1) is 16.3. The van der Waals surface area contributed by atoms with E-state index in [1.54, 1.807) is 30.3 Å². The third-order valence-corrected chi connectivity index (χ3v) is 7.61. The van der Waals surface area contributed by atoms with Gasteiger partial charge in [0.2, 0.25) is 0 Å². The van der Waals surface area contributed by atoms with Crippen molar-refractivity contribution < 1.29 is 22.7 Å². The first-order valence-corrected chi connectivity index (χ1v) is 12.9. The Morgan fingerprint density at radius 1 is 0.941 bits per heavy atom. The van der Waals surface area contributed by atoms with Gasteiger partial charge in [0.25, 0.3) is 15.9 Å². The van der Waals surface area contributed by atoms with Crippen LogP contribution in [0.25, 0.3) is 0 Å². The summed E-state index contributed by atoms with van der Waals surface area (Å²) in [6.45, 7) is 1.45. The number of hydrogen-bond donors (Lipinski definition) is 1. The molecule has 0 aliphatic heterocycles. The van der Waals surface area contributed by atoms with Crippen molar-refractivity contribution in [1.82, 2.24) is 5.43 Å². The molecule has 184 valence electrons. The summed E-state index contributed by atoms with van der Waals surface area (Å²) in [6, 6.07) is 11.2. The summed E-state index contributed by atoms with van der Waals surface area (Å²) in [6.07, 6.45) is 7.35. The van der Waals surface area contributed by atoms with E-state index in [-0.39, 0.29) is 10.6 Å². The number of anilines is 1. The van der Waals surface area contributed by atoms with Crippen LogP contribution in [0.3, 0.4) is 0 Å². The van der Waals surface area contributed by atoms with Crippen LogP contribution in [-0.2, 0) is 14.8 Å². The lowest BCUT2D eigenvalue weighted by atomic mass is 9.99. The predicted octanol–water partition coefficient (Wildman–Crippen LogP) is 4.42. The number of nitrogens with one attached hydrogen (secondary N) is 1. The quantitative estimate of drug-likeness (QED) is 0.556. The van der Waals surface area contributed by atoms with Crippen LogP contribution in [0.15, 0.2) is 52.5 Å². The molecule has 1 aliphatic rings. The van der Waals surface area contributed by atoms with Gasteiger partial charge in [0, 0.05) is 11.8 Å². The number of carbonyl (C=O) groups excluding carboxylic acids is 1. The molecular weight excluding hydrogens is 454 g/mol. The van der Waals surface area contributed by atoms with Crippen molar-refractivity contribution in [3.8, 4) is 11.5 Å². The van der Waals surface area contributed by atoms with Crippen LogP contribution in [0.1, 0.15) is 50.5 Å². The summed E-state index contributed by atoms with van der Waals surface area (Å²) in [5.74, 6) is 0.304. The molecule has 1 amide bonds. The Bertz CT molecular complexity index is 1100. The van der Waals surface area contributed by atoms with Crippen molar-refractivity contribution >= 4 is 27.3 Å². The van der Waals surface area contributed by atoms with E-state index in [0.717, 1.165) is 54.1 Å². The molecule has 8 nitrogen and oxygen atoms in total. The average molecular weight is 488 g/mol. The van der Waals surface area contributed by atoms with Gasteiger partial charge in [-0.1, -0.05) is 37.0 Å². The highest BCUT2D eigenvalue weighted by Crippen LogP contribution is 2.33. The molecule has 1 saturated carbocycles. The number of sulfonamides is 1. The van der Waals surface area contributed by atoms with E-state index in [4.69, 9.17) is 9.47 Å². The maximum atomic E-state index is 13.6. The lowest BCUT2D eigenvalue weighted by Gasteiger charge is -2.24. The van der Waals surface area contributed by atoms with Gasteiger partial charge in [-0.15, -0.1) is 0 Å². The van der Waals surface area contributed by atoms with Gasteiger partial charge >= 0.3 is 0 Å². The lowest BCUT2D eigenvalue weighted by molar-refractivity contribution is -0.119. The van der Waals surface area contributed by atoms with Crippen LogP contribution in [0.5, 0.6) is 11.5 Å². The summed E-state index contributed by atoms with van der Waals surface area (Å²) in [7, 11) is -1.07. The lowest BCUT2D eigenvalue weighted by Crippen LogP contribution is -2.39. The highest BCUT2D eigenvalue weighted by atomic mass is 32.2. The number of carbonyl (C=O) groups is 1. The number of rotatable bonds is 8. The van der Waals surface area contributed by atoms with Gasteiger partial charge in [-0.2, -0.15) is 5.10 Å². The fraction of sp³-hybridized carbons (Fsp3) is 0.440. The minimum Gasteiger partial charge on any atom is -0.493 e. The molecule has 0 aromatic heterocycles. The van der Waals surface area contributed by atoms with E-state index in [2.05, 4.69) is 10.5 Å². The molecule has 2 aromatic carbocycles. The number of ether oxygens (including phenoxy) is 2. The highest BCUT2D eigenvalue weighted by Gasteiger charge is 2.28. The van der Waals surface area contributed by atoms with Gasteiger partial charge < -0.3 is 9.47 Å². The average Bonchev–Trinajstić information content (AvgIpc) is 2.81. The van der Waals surface area contributed by atoms with Crippen molar-refractivity contribution in [3.05, 3.63) is 48.0 Å². The molecule has 9 heteroatoms. The predicted molar refractivity (Wildman–Crippen MR) is 133 cm³/mol. The monoisotopic (exact) mass is 487 g/mol. The van der Waals surface area contributed by atoms with Crippen molar-refractivity contribution in [2.45, 2.75) is 56.8 Å². The van der Waals surface area contributed by atoms with Crippen LogP contribution >= 0.6 is 0 Å². The fourth-order valence-electron chi connectivity index (χ4n) is 3.86. The molecule has 1 fully saturated rings. The maximum absolute atomic E-state index is 13.6. The standard InChI is InChI=1S/C25H33N3O5S/c1-19-11-14-22(15-12-19)34(30,31)28(21-13-16-23(32-2)24(17-21)33-3)18-25(29)27-26-20-9-7-5-4-6-8-10-20/h11-17H,4-10,18H2,1-3H3,(H,27,29). The third kappa shape index (κ3) is 6.50. The maximum Gasteiger partial charge on any atom is 0.264 e. The first-order valence-electron chi connectivity index (χ1n) is 11.5. The second kappa shape index (κ2) is 11.9. The molecule has 0 bridgehead atoms. The Morgan fingerprint density at radius 2 is 1.56 bits per heavy atom. The molecule has 1 N–H and O–H groups in total. The Morgan fingerprint density at radius 3 is 2.18 bits per heavy atom. The van der Waals surface area contributed by atoms with Gasteiger partial charge in [-0.05, 0) is 56.9 Å². The third-order valence-electron chi connectivity index (χ3n) is 5.82. The van der Waals surface area contributed by atoms with Crippen molar-refractivity contribution in [2.75, 3.05) is 25.1 Å². The number of methoxy groups -OCH3 is 2. The molecule has 0 saturated heterocycles. The van der Waals surface area contributed by atoms with Gasteiger partial charge in [-0.25, -0.2) is 13.8 Å². The summed E-state index contributed by atoms with van der Waals surface area (Å²) < 4.78 is 38.8. The van der Waals surface area contributed by atoms with Gasteiger partial charge in [0.1, 0.15) is 6.54 Å². The second-order valence-corrected chi connectivity index (χ2v) is 10.2. The van der Waals surface area contributed by atoms with Gasteiger partial charge in [-0.3, -0.25) is 9.10 Å². The molecule has 0 radical (unpaired) electrons. The van der Waals surface area contributed by atoms with Crippen molar-refractivity contribution in [1.29, 1.82) is 0 Å². The molecule has 34 heavy (non-hydrogen) atoms. The molecule has 2 aromatic rings. The number of aryl methyl sites for hydroxylation is 1. The molecular formula is C25H33N3O5S. The minimum absolute atomic E-state index is 0.0898. The summed E-state index contributed by atoms with van der Waals surface area (Å²) in [5, 5.41) is 4.31. The van der Waals surface area contributed by atoms with Crippen molar-refractivity contribution in [2.24, 2.45) is 5.10 Å². The van der Waals surface area contributed by atoms with Crippen LogP contribution in [0.2, 0.25) is 0 Å². The zero-order valence-electron chi connectivity index (χ0n) is 20.0. The Hall–Kier alpha value is -3.07. The van der Waals surface area contributed by atoms with Gasteiger partial charge in [0.05, 0.1) is 24.8 Å². The number of nitrogens with zero attached hydrogens (tertiary/aromatic N) is 2. The topological polar surface area (TPSA) is 97.3 Å². The Labute approximate surface area is 202 Å². The van der Waals surface area contributed by atoms with E-state index in [1.807, 2.05) is 6.92 Å². The van der Waals surface area contributed by atoms with E-state index in [9.17, 15) is 13.2 Å². The minimum atomic E-state index is -4.04. The number of hydrazone groups is 1. The Kier molecular flexibility index (Phi) is 8.92. The molecule has 0 spiro atoms. The van der Waals surface area contributed by atoms with Crippen LogP contribution < -0.4 is 19.2 Å². The zero-order chi connectivity index (χ0) is 24.6. The van der Waals surface area contributed by atoms with Crippen molar-refractivity contribution in [3.63, 3.8) is 0 Å². The molecule has 0 heterocycles. The normalized spacial score (nSPS) is 14.5. The molecule has 0 unspecified atom stereocenters. The van der Waals surface area contributed by atoms with Gasteiger partial charge in [0.15, 0.2) is 11.5 Å². The fourth-order valence-corrected chi connectivity index (χ4v) is 5.28. The summed E-state index contributed by atoms with van der Waals surface area (Å²) >= 11 is 0. The Balaban J connectivity index is 1.90. The number of amides is 1. The zero-order valence-corrected chi connectivity index (χ0v) is 20.9. The number of benzene rings is 2. The van der Waals surface area contributed by atoms with E-state index < -0.39 is 22.5 Å². The summed E-state index contributed by atoms with van der Waals surface area (Å²) in [5.41, 5.74) is 4.74. The van der Waals surface area contributed by atoms with Crippen LogP contribution in [0, 0.1) is 6.92 Å². The second-order valence-electron chi connectivity index (χ2n) is 8.34. The molecule has 1 aliphatic carbocycles. The SMILES string of the molecule is COc1ccc(N(CC(=O)NN=C2CCCCCCC2)S(=O)(=O)c2ccc(C)cc2)cc1OC. The summed E-state index contributed by atoms with van der Waals surface area (Å²) in [4.78, 5) is 12.9. The molecule has 0 atom stereocenters. The van der Waals surface area contributed by atoms with E-state index in [1.165, 1.54) is 32.8 Å². The van der Waals surface area contributed by atoms with E-state index >= 15 is 0 Å². The van der Waals surface area contributed by atoms with Crippen LogP contribution in [-0.4, -0.2) is 40.8 Å². The first kappa shape index (κ1) is 25.6. The number of hydrogen-bond acceptors (Lipinski definition) is 6. The smallest absolute Gasteiger partial charge is 0.264 e. The van der Waals surface area contributed by atoms with E-state index in [0.29, 0.717) is 11.5 Å². The largest absolute Gasteiger partial charge is 0.493 e. The molecule has 3 rings (SSSR count). The highest BCUT2D eigenvalue weighted by molar-refractivity contribution is 7.92.